The molecule has 1 amide bonds. The second-order valence-corrected chi connectivity index (χ2v) is 8.96. The van der Waals surface area contributed by atoms with Crippen molar-refractivity contribution in [3.05, 3.63) is 64.6 Å². The molecule has 0 aromatic heterocycles. The Morgan fingerprint density at radius 1 is 1.08 bits per heavy atom. The summed E-state index contributed by atoms with van der Waals surface area (Å²) in [6.07, 6.45) is 2.70. The van der Waals surface area contributed by atoms with Crippen LogP contribution >= 0.6 is 24.0 Å². The Morgan fingerprint density at radius 2 is 1.69 bits per heavy atom. The number of rotatable bonds is 4. The molecule has 0 bridgehead atoms. The molecular formula is C18H15NO4S3. The second-order valence-electron chi connectivity index (χ2n) is 5.71. The molecule has 3 rings (SSSR count). The molecule has 0 atom stereocenters. The summed E-state index contributed by atoms with van der Waals surface area (Å²) < 4.78 is 27.5. The Bertz CT molecular complexity index is 994. The minimum Gasteiger partial charge on any atom is -0.383 e. The van der Waals surface area contributed by atoms with E-state index >= 15 is 0 Å². The maximum absolute atomic E-state index is 12.7. The van der Waals surface area contributed by atoms with Crippen LogP contribution in [0.3, 0.4) is 0 Å². The fourth-order valence-corrected chi connectivity index (χ4v) is 4.09. The van der Waals surface area contributed by atoms with E-state index in [2.05, 4.69) is 0 Å². The van der Waals surface area contributed by atoms with Gasteiger partial charge in [-0.05, 0) is 42.8 Å². The molecule has 1 saturated heterocycles. The van der Waals surface area contributed by atoms with Gasteiger partial charge in [0.2, 0.25) is 0 Å². The fraction of sp³-hybridized carbons (Fsp3) is 0.111. The van der Waals surface area contributed by atoms with Crippen LogP contribution in [0.2, 0.25) is 0 Å². The number of aryl methyl sites for hydroxylation is 1. The van der Waals surface area contributed by atoms with Gasteiger partial charge >= 0.3 is 10.1 Å². The zero-order valence-corrected chi connectivity index (χ0v) is 16.5. The van der Waals surface area contributed by atoms with Gasteiger partial charge in [0.25, 0.3) is 5.91 Å². The third-order valence-electron chi connectivity index (χ3n) is 3.51. The Labute approximate surface area is 161 Å². The van der Waals surface area contributed by atoms with Crippen LogP contribution in [0.4, 0.5) is 5.69 Å². The van der Waals surface area contributed by atoms with Crippen molar-refractivity contribution in [3.63, 3.8) is 0 Å². The minimum atomic E-state index is -3.57. The highest BCUT2D eigenvalue weighted by atomic mass is 32.2. The summed E-state index contributed by atoms with van der Waals surface area (Å²) in [5, 5.41) is 0. The standard InChI is InChI=1S/C18H15NO4S3/c1-12-3-7-14(8-4-12)19-17(20)16(25-18(19)24)11-13-5-9-15(10-6-13)23-26(2,21)22/h3-11H,1-2H3. The van der Waals surface area contributed by atoms with Gasteiger partial charge in [-0.15, -0.1) is 0 Å². The van der Waals surface area contributed by atoms with Crippen molar-refractivity contribution in [3.8, 4) is 5.75 Å². The number of hydrogen-bond acceptors (Lipinski definition) is 6. The molecule has 8 heteroatoms. The fourth-order valence-electron chi connectivity index (χ4n) is 2.33. The van der Waals surface area contributed by atoms with Crippen LogP contribution < -0.4 is 9.08 Å². The molecule has 0 spiro atoms. The number of benzene rings is 2. The molecule has 2 aromatic carbocycles. The minimum absolute atomic E-state index is 0.180. The molecular weight excluding hydrogens is 390 g/mol. The van der Waals surface area contributed by atoms with E-state index in [9.17, 15) is 13.2 Å². The Morgan fingerprint density at radius 3 is 2.27 bits per heavy atom. The molecule has 2 aromatic rings. The van der Waals surface area contributed by atoms with Gasteiger partial charge in [-0.1, -0.05) is 53.8 Å². The average molecular weight is 406 g/mol. The number of anilines is 1. The summed E-state index contributed by atoms with van der Waals surface area (Å²) >= 11 is 6.58. The molecule has 0 N–H and O–H groups in total. The average Bonchev–Trinajstić information content (AvgIpc) is 2.83. The molecule has 1 aliphatic rings. The van der Waals surface area contributed by atoms with Crippen molar-refractivity contribution in [2.45, 2.75) is 6.92 Å². The van der Waals surface area contributed by atoms with Gasteiger partial charge < -0.3 is 4.18 Å². The first-order valence-corrected chi connectivity index (χ1v) is 10.6. The van der Waals surface area contributed by atoms with Crippen LogP contribution in [0.15, 0.2) is 53.4 Å². The summed E-state index contributed by atoms with van der Waals surface area (Å²) in [5.41, 5.74) is 2.58. The van der Waals surface area contributed by atoms with Crippen LogP contribution in [-0.4, -0.2) is 24.9 Å². The molecule has 0 unspecified atom stereocenters. The second kappa shape index (κ2) is 7.22. The zero-order chi connectivity index (χ0) is 18.9. The summed E-state index contributed by atoms with van der Waals surface area (Å²) in [7, 11) is -3.57. The maximum Gasteiger partial charge on any atom is 0.306 e. The van der Waals surface area contributed by atoms with E-state index in [1.54, 1.807) is 18.2 Å². The Kier molecular flexibility index (Phi) is 5.17. The highest BCUT2D eigenvalue weighted by Gasteiger charge is 2.33. The number of hydrogen-bond donors (Lipinski definition) is 0. The molecule has 1 heterocycles. The van der Waals surface area contributed by atoms with Crippen molar-refractivity contribution >= 4 is 56.1 Å². The number of thiocarbonyl (C=S) groups is 1. The largest absolute Gasteiger partial charge is 0.383 e. The van der Waals surface area contributed by atoms with Crippen molar-refractivity contribution < 1.29 is 17.4 Å². The number of nitrogens with zero attached hydrogens (tertiary/aromatic N) is 1. The van der Waals surface area contributed by atoms with Gasteiger partial charge in [0.1, 0.15) is 5.75 Å². The zero-order valence-electron chi connectivity index (χ0n) is 14.0. The third-order valence-corrected chi connectivity index (χ3v) is 5.31. The normalized spacial score (nSPS) is 16.4. The van der Waals surface area contributed by atoms with Gasteiger partial charge in [-0.3, -0.25) is 9.69 Å². The van der Waals surface area contributed by atoms with Crippen molar-refractivity contribution in [2.24, 2.45) is 0 Å². The summed E-state index contributed by atoms with van der Waals surface area (Å²) in [4.78, 5) is 14.7. The van der Waals surface area contributed by atoms with E-state index in [0.29, 0.717) is 9.23 Å². The first-order valence-electron chi connectivity index (χ1n) is 7.57. The topological polar surface area (TPSA) is 63.7 Å². The number of carbonyl (C=O) groups is 1. The lowest BCUT2D eigenvalue weighted by molar-refractivity contribution is -0.113. The van der Waals surface area contributed by atoms with Crippen LogP contribution in [0.1, 0.15) is 11.1 Å². The number of thioether (sulfide) groups is 1. The molecule has 26 heavy (non-hydrogen) atoms. The number of amides is 1. The van der Waals surface area contributed by atoms with Crippen LogP contribution in [0, 0.1) is 6.92 Å². The Balaban J connectivity index is 1.82. The number of carbonyl (C=O) groups excluding carboxylic acids is 1. The van der Waals surface area contributed by atoms with Crippen molar-refractivity contribution in [1.82, 2.24) is 0 Å². The summed E-state index contributed by atoms with van der Waals surface area (Å²) in [5.74, 6) is 0.0390. The summed E-state index contributed by atoms with van der Waals surface area (Å²) in [6.45, 7) is 1.98. The monoisotopic (exact) mass is 405 g/mol. The summed E-state index contributed by atoms with van der Waals surface area (Å²) in [6, 6.07) is 14.0. The molecule has 1 aliphatic heterocycles. The van der Waals surface area contributed by atoms with E-state index in [1.165, 1.54) is 28.8 Å². The van der Waals surface area contributed by atoms with E-state index in [-0.39, 0.29) is 11.7 Å². The van der Waals surface area contributed by atoms with Crippen LogP contribution in [0.25, 0.3) is 6.08 Å². The van der Waals surface area contributed by atoms with Crippen molar-refractivity contribution in [2.75, 3.05) is 11.2 Å². The van der Waals surface area contributed by atoms with E-state index < -0.39 is 10.1 Å². The molecule has 0 aliphatic carbocycles. The quantitative estimate of drug-likeness (QED) is 0.439. The highest BCUT2D eigenvalue weighted by Crippen LogP contribution is 2.36. The first kappa shape index (κ1) is 18.6. The van der Waals surface area contributed by atoms with Gasteiger partial charge in [0.05, 0.1) is 16.8 Å². The van der Waals surface area contributed by atoms with Crippen molar-refractivity contribution in [1.29, 1.82) is 0 Å². The smallest absolute Gasteiger partial charge is 0.306 e. The third kappa shape index (κ3) is 4.32. The van der Waals surface area contributed by atoms with E-state index in [1.807, 2.05) is 31.2 Å². The first-order chi connectivity index (χ1) is 12.2. The lowest BCUT2D eigenvalue weighted by atomic mass is 10.2. The molecule has 0 saturated carbocycles. The van der Waals surface area contributed by atoms with Gasteiger partial charge in [0.15, 0.2) is 4.32 Å². The van der Waals surface area contributed by atoms with Crippen LogP contribution in [-0.2, 0) is 14.9 Å². The van der Waals surface area contributed by atoms with E-state index in [0.717, 1.165) is 23.1 Å². The molecule has 0 radical (unpaired) electrons. The van der Waals surface area contributed by atoms with Gasteiger partial charge in [-0.25, -0.2) is 0 Å². The molecule has 134 valence electrons. The van der Waals surface area contributed by atoms with Gasteiger partial charge in [0, 0.05) is 0 Å². The lowest BCUT2D eigenvalue weighted by Crippen LogP contribution is -2.27. The predicted molar refractivity (Wildman–Crippen MR) is 109 cm³/mol. The van der Waals surface area contributed by atoms with E-state index in [4.69, 9.17) is 16.4 Å². The SMILES string of the molecule is Cc1ccc(N2C(=O)C(=Cc3ccc(OS(C)(=O)=O)cc3)SC2=S)cc1. The predicted octanol–water partition coefficient (Wildman–Crippen LogP) is 3.74. The van der Waals surface area contributed by atoms with Crippen LogP contribution in [0.5, 0.6) is 5.75 Å². The highest BCUT2D eigenvalue weighted by molar-refractivity contribution is 8.27. The lowest BCUT2D eigenvalue weighted by Gasteiger charge is -2.14. The molecule has 5 nitrogen and oxygen atoms in total. The maximum atomic E-state index is 12.7. The molecule has 1 fully saturated rings. The van der Waals surface area contributed by atoms with Gasteiger partial charge in [-0.2, -0.15) is 8.42 Å². The Hall–Kier alpha value is -2.16.